The third-order valence-corrected chi connectivity index (χ3v) is 2.80. The summed E-state index contributed by atoms with van der Waals surface area (Å²) in [6.45, 7) is 5.59. The summed E-state index contributed by atoms with van der Waals surface area (Å²) in [5.74, 6) is -0.374. The lowest BCUT2D eigenvalue weighted by Crippen LogP contribution is -2.46. The van der Waals surface area contributed by atoms with Gasteiger partial charge in [-0.15, -0.1) is 0 Å². The van der Waals surface area contributed by atoms with Crippen LogP contribution in [-0.4, -0.2) is 16.9 Å². The molecule has 1 amide bonds. The summed E-state index contributed by atoms with van der Waals surface area (Å²) < 4.78 is 0.678. The van der Waals surface area contributed by atoms with Gasteiger partial charge >= 0.3 is 0 Å². The summed E-state index contributed by atoms with van der Waals surface area (Å²) in [4.78, 5) is 25.8. The highest BCUT2D eigenvalue weighted by atomic mass is 79.9. The number of carbonyl (C=O) groups is 1. The molecule has 0 saturated heterocycles. The van der Waals surface area contributed by atoms with Crippen LogP contribution < -0.4 is 16.6 Å². The molecule has 6 heteroatoms. The Kier molecular flexibility index (Phi) is 4.11. The van der Waals surface area contributed by atoms with Crippen LogP contribution in [0.3, 0.4) is 0 Å². The Morgan fingerprint density at radius 3 is 2.65 bits per heavy atom. The van der Waals surface area contributed by atoms with Gasteiger partial charge in [-0.2, -0.15) is 0 Å². The van der Waals surface area contributed by atoms with Crippen LogP contribution in [0.1, 0.15) is 20.8 Å². The standard InChI is InChI=1S/C11H16BrN3O2/c1-11(2,3)8(13)10(17)15-7-4-6(12)5-14-9(7)16/h4-5,8H,13H2,1-3H3,(H,14,16)(H,15,17)/t8-/m1/s1. The van der Waals surface area contributed by atoms with Crippen molar-refractivity contribution in [2.45, 2.75) is 26.8 Å². The molecule has 0 unspecified atom stereocenters. The number of aromatic amines is 1. The van der Waals surface area contributed by atoms with Gasteiger partial charge in [-0.3, -0.25) is 9.59 Å². The highest BCUT2D eigenvalue weighted by Crippen LogP contribution is 2.18. The van der Waals surface area contributed by atoms with Gasteiger partial charge < -0.3 is 16.0 Å². The minimum absolute atomic E-state index is 0.184. The second-order valence-corrected chi connectivity index (χ2v) is 5.81. The number of rotatable bonds is 2. The summed E-state index contributed by atoms with van der Waals surface area (Å²) >= 11 is 3.21. The zero-order valence-corrected chi connectivity index (χ0v) is 11.6. The first-order valence-corrected chi connectivity index (χ1v) is 5.96. The predicted octanol–water partition coefficient (Wildman–Crippen LogP) is 1.45. The molecule has 1 rings (SSSR count). The molecule has 1 aromatic rings. The van der Waals surface area contributed by atoms with Crippen molar-refractivity contribution in [3.05, 3.63) is 27.1 Å². The van der Waals surface area contributed by atoms with E-state index in [1.807, 2.05) is 20.8 Å². The third-order valence-electron chi connectivity index (χ3n) is 2.34. The van der Waals surface area contributed by atoms with E-state index in [2.05, 4.69) is 26.2 Å². The number of pyridine rings is 1. The molecule has 0 saturated carbocycles. The fourth-order valence-corrected chi connectivity index (χ4v) is 1.50. The number of nitrogens with one attached hydrogen (secondary N) is 2. The van der Waals surface area contributed by atoms with Crippen LogP contribution in [0.5, 0.6) is 0 Å². The zero-order chi connectivity index (χ0) is 13.2. The van der Waals surface area contributed by atoms with Crippen molar-refractivity contribution >= 4 is 27.5 Å². The molecular weight excluding hydrogens is 286 g/mol. The van der Waals surface area contributed by atoms with E-state index in [1.165, 1.54) is 12.3 Å². The van der Waals surface area contributed by atoms with Crippen molar-refractivity contribution in [3.8, 4) is 0 Å². The van der Waals surface area contributed by atoms with Gasteiger partial charge in [0.25, 0.3) is 5.56 Å². The predicted molar refractivity (Wildman–Crippen MR) is 70.8 cm³/mol. The number of amides is 1. The number of carbonyl (C=O) groups excluding carboxylic acids is 1. The highest BCUT2D eigenvalue weighted by molar-refractivity contribution is 9.10. The highest BCUT2D eigenvalue weighted by Gasteiger charge is 2.27. The van der Waals surface area contributed by atoms with E-state index in [0.717, 1.165) is 0 Å². The minimum atomic E-state index is -0.680. The summed E-state index contributed by atoms with van der Waals surface area (Å²) in [5.41, 5.74) is 5.26. The maximum Gasteiger partial charge on any atom is 0.271 e. The lowest BCUT2D eigenvalue weighted by atomic mass is 9.87. The quantitative estimate of drug-likeness (QED) is 0.772. The van der Waals surface area contributed by atoms with Crippen LogP contribution in [0.2, 0.25) is 0 Å². The molecule has 0 aliphatic heterocycles. The molecular formula is C11H16BrN3O2. The number of aromatic nitrogens is 1. The Labute approximate surface area is 108 Å². The van der Waals surface area contributed by atoms with E-state index in [1.54, 1.807) is 0 Å². The molecule has 1 aromatic heterocycles. The molecule has 0 fully saturated rings. The van der Waals surface area contributed by atoms with Crippen molar-refractivity contribution in [2.24, 2.45) is 11.1 Å². The molecule has 0 aliphatic carbocycles. The van der Waals surface area contributed by atoms with E-state index in [0.29, 0.717) is 4.47 Å². The maximum atomic E-state index is 11.8. The molecule has 0 bridgehead atoms. The summed E-state index contributed by atoms with van der Waals surface area (Å²) in [5, 5.41) is 2.52. The summed E-state index contributed by atoms with van der Waals surface area (Å²) in [7, 11) is 0. The average Bonchev–Trinajstić information content (AvgIpc) is 2.21. The van der Waals surface area contributed by atoms with Crippen molar-refractivity contribution in [3.63, 3.8) is 0 Å². The number of H-pyrrole nitrogens is 1. The van der Waals surface area contributed by atoms with Crippen LogP contribution in [-0.2, 0) is 4.79 Å². The number of halogens is 1. The molecule has 5 nitrogen and oxygen atoms in total. The third kappa shape index (κ3) is 3.67. The fraction of sp³-hybridized carbons (Fsp3) is 0.455. The Morgan fingerprint density at radius 2 is 2.12 bits per heavy atom. The summed E-state index contributed by atoms with van der Waals surface area (Å²) in [6.07, 6.45) is 1.50. The topological polar surface area (TPSA) is 88.0 Å². The Hall–Kier alpha value is -1.14. The second kappa shape index (κ2) is 5.01. The van der Waals surface area contributed by atoms with Gasteiger partial charge in [0.05, 0.1) is 6.04 Å². The van der Waals surface area contributed by atoms with Crippen LogP contribution >= 0.6 is 15.9 Å². The van der Waals surface area contributed by atoms with Crippen molar-refractivity contribution in [2.75, 3.05) is 5.32 Å². The van der Waals surface area contributed by atoms with Gasteiger partial charge in [-0.1, -0.05) is 20.8 Å². The van der Waals surface area contributed by atoms with Gasteiger partial charge in [-0.25, -0.2) is 0 Å². The van der Waals surface area contributed by atoms with E-state index in [4.69, 9.17) is 5.73 Å². The molecule has 4 N–H and O–H groups in total. The van der Waals surface area contributed by atoms with Crippen molar-refractivity contribution < 1.29 is 4.79 Å². The lowest BCUT2D eigenvalue weighted by molar-refractivity contribution is -0.119. The summed E-state index contributed by atoms with van der Waals surface area (Å²) in [6, 6.07) is 0.854. The van der Waals surface area contributed by atoms with Gasteiger partial charge in [0.1, 0.15) is 5.69 Å². The lowest BCUT2D eigenvalue weighted by Gasteiger charge is -2.25. The zero-order valence-electron chi connectivity index (χ0n) is 10.0. The first-order valence-electron chi connectivity index (χ1n) is 5.16. The molecule has 0 radical (unpaired) electrons. The molecule has 0 spiro atoms. The van der Waals surface area contributed by atoms with Crippen LogP contribution in [0.25, 0.3) is 0 Å². The molecule has 0 aliphatic rings. The number of hydrogen-bond acceptors (Lipinski definition) is 3. The molecule has 1 heterocycles. The number of anilines is 1. The van der Waals surface area contributed by atoms with E-state index >= 15 is 0 Å². The monoisotopic (exact) mass is 301 g/mol. The first-order chi connectivity index (χ1) is 7.71. The van der Waals surface area contributed by atoms with Crippen molar-refractivity contribution in [1.29, 1.82) is 0 Å². The average molecular weight is 302 g/mol. The SMILES string of the molecule is CC(C)(C)[C@H](N)C(=O)Nc1cc(Br)c[nH]c1=O. The van der Waals surface area contributed by atoms with Crippen LogP contribution in [0.4, 0.5) is 5.69 Å². The van der Waals surface area contributed by atoms with Crippen LogP contribution in [0, 0.1) is 5.41 Å². The van der Waals surface area contributed by atoms with Crippen molar-refractivity contribution in [1.82, 2.24) is 4.98 Å². The molecule has 17 heavy (non-hydrogen) atoms. The Bertz CT molecular complexity index is 476. The number of hydrogen-bond donors (Lipinski definition) is 3. The van der Waals surface area contributed by atoms with E-state index in [-0.39, 0.29) is 22.6 Å². The van der Waals surface area contributed by atoms with Gasteiger partial charge in [0.15, 0.2) is 0 Å². The minimum Gasteiger partial charge on any atom is -0.326 e. The smallest absolute Gasteiger partial charge is 0.271 e. The largest absolute Gasteiger partial charge is 0.326 e. The second-order valence-electron chi connectivity index (χ2n) is 4.89. The van der Waals surface area contributed by atoms with Gasteiger partial charge in [-0.05, 0) is 27.4 Å². The van der Waals surface area contributed by atoms with E-state index < -0.39 is 6.04 Å². The number of nitrogens with two attached hydrogens (primary N) is 1. The first kappa shape index (κ1) is 13.9. The molecule has 94 valence electrons. The van der Waals surface area contributed by atoms with E-state index in [9.17, 15) is 9.59 Å². The van der Waals surface area contributed by atoms with Gasteiger partial charge in [0.2, 0.25) is 5.91 Å². The van der Waals surface area contributed by atoms with Gasteiger partial charge in [0, 0.05) is 10.7 Å². The van der Waals surface area contributed by atoms with Crippen LogP contribution in [0.15, 0.2) is 21.5 Å². The molecule has 1 atom stereocenters. The molecule has 0 aromatic carbocycles. The fourth-order valence-electron chi connectivity index (χ4n) is 1.15. The maximum absolute atomic E-state index is 11.8. The normalized spacial score (nSPS) is 13.2. The Morgan fingerprint density at radius 1 is 1.53 bits per heavy atom. The Balaban J connectivity index is 2.89.